The molecule has 7 heteroatoms. The Morgan fingerprint density at radius 2 is 2.04 bits per heavy atom. The minimum Gasteiger partial charge on any atom is -0.275 e. The zero-order valence-electron chi connectivity index (χ0n) is 13.5. The average Bonchev–Trinajstić information content (AvgIpc) is 3.26. The summed E-state index contributed by atoms with van der Waals surface area (Å²) in [5, 5.41) is 9.81. The van der Waals surface area contributed by atoms with Crippen molar-refractivity contribution in [2.45, 2.75) is 13.2 Å². The highest BCUT2D eigenvalue weighted by Crippen LogP contribution is 2.28. The number of amides is 1. The summed E-state index contributed by atoms with van der Waals surface area (Å²) in [5.41, 5.74) is 4.39. The minimum atomic E-state index is -0.119. The van der Waals surface area contributed by atoms with Crippen LogP contribution in [0.15, 0.2) is 42.9 Å². The van der Waals surface area contributed by atoms with E-state index in [0.717, 1.165) is 22.4 Å². The minimum absolute atomic E-state index is 0.119. The first kappa shape index (κ1) is 14.6. The highest BCUT2D eigenvalue weighted by molar-refractivity contribution is 5.98. The Kier molecular flexibility index (Phi) is 3.42. The lowest BCUT2D eigenvalue weighted by atomic mass is 10.0. The van der Waals surface area contributed by atoms with Gasteiger partial charge in [-0.25, -0.2) is 5.06 Å². The van der Waals surface area contributed by atoms with Crippen molar-refractivity contribution in [1.82, 2.24) is 24.6 Å². The van der Waals surface area contributed by atoms with Gasteiger partial charge in [-0.1, -0.05) is 12.1 Å². The van der Waals surface area contributed by atoms with E-state index in [0.29, 0.717) is 12.1 Å². The molecule has 1 aliphatic rings. The highest BCUT2D eigenvalue weighted by Gasteiger charge is 2.29. The van der Waals surface area contributed by atoms with Crippen molar-refractivity contribution in [3.8, 4) is 11.1 Å². The third-order valence-electron chi connectivity index (χ3n) is 4.06. The largest absolute Gasteiger partial charge is 0.278 e. The van der Waals surface area contributed by atoms with E-state index in [1.165, 1.54) is 5.06 Å². The Labute approximate surface area is 139 Å². The molecular weight excluding hydrogens is 306 g/mol. The molecule has 3 heterocycles. The normalized spacial score (nSPS) is 13.6. The summed E-state index contributed by atoms with van der Waals surface area (Å²) in [6.07, 6.45) is 5.56. The number of hydrogen-bond acceptors (Lipinski definition) is 4. The third-order valence-corrected chi connectivity index (χ3v) is 4.06. The van der Waals surface area contributed by atoms with Gasteiger partial charge in [0.05, 0.1) is 18.4 Å². The number of rotatable bonds is 4. The predicted octanol–water partition coefficient (Wildman–Crippen LogP) is 1.91. The molecule has 1 aromatic carbocycles. The number of hydroxylamine groups is 2. The second kappa shape index (κ2) is 5.61. The fourth-order valence-corrected chi connectivity index (χ4v) is 2.81. The van der Waals surface area contributed by atoms with Crippen LogP contribution < -0.4 is 0 Å². The van der Waals surface area contributed by atoms with E-state index in [1.807, 2.05) is 50.8 Å². The molecule has 0 aliphatic carbocycles. The van der Waals surface area contributed by atoms with Crippen molar-refractivity contribution >= 4 is 5.91 Å². The van der Waals surface area contributed by atoms with Crippen LogP contribution in [0.25, 0.3) is 11.1 Å². The molecule has 1 aliphatic heterocycles. The van der Waals surface area contributed by atoms with Crippen molar-refractivity contribution in [3.05, 3.63) is 59.7 Å². The van der Waals surface area contributed by atoms with Gasteiger partial charge < -0.3 is 0 Å². The summed E-state index contributed by atoms with van der Waals surface area (Å²) in [7, 11) is 3.72. The van der Waals surface area contributed by atoms with Crippen LogP contribution in [0.1, 0.15) is 21.6 Å². The lowest BCUT2D eigenvalue weighted by molar-refractivity contribution is -0.135. The highest BCUT2D eigenvalue weighted by atomic mass is 16.7. The van der Waals surface area contributed by atoms with Gasteiger partial charge in [-0.15, -0.1) is 0 Å². The van der Waals surface area contributed by atoms with Crippen LogP contribution >= 0.6 is 0 Å². The lowest BCUT2D eigenvalue weighted by Crippen LogP contribution is -2.24. The molecule has 0 saturated heterocycles. The van der Waals surface area contributed by atoms with E-state index >= 15 is 0 Å². The second-order valence-corrected chi connectivity index (χ2v) is 5.87. The number of carbonyl (C=O) groups excluding carboxylic acids is 1. The van der Waals surface area contributed by atoms with Gasteiger partial charge in [0.25, 0.3) is 5.91 Å². The van der Waals surface area contributed by atoms with Crippen LogP contribution in [0.2, 0.25) is 0 Å². The topological polar surface area (TPSA) is 65.2 Å². The number of aryl methyl sites for hydroxylation is 2. The first-order valence-electron chi connectivity index (χ1n) is 7.65. The van der Waals surface area contributed by atoms with Crippen molar-refractivity contribution < 1.29 is 9.63 Å². The summed E-state index contributed by atoms with van der Waals surface area (Å²) in [5.74, 6) is -0.119. The number of fused-ring (bicyclic) bond motifs is 1. The molecule has 0 saturated carbocycles. The Morgan fingerprint density at radius 3 is 2.75 bits per heavy atom. The van der Waals surface area contributed by atoms with Crippen LogP contribution in [0.3, 0.4) is 0 Å². The van der Waals surface area contributed by atoms with E-state index < -0.39 is 0 Å². The molecule has 0 spiro atoms. The lowest BCUT2D eigenvalue weighted by Gasteiger charge is -2.14. The second-order valence-electron chi connectivity index (χ2n) is 5.87. The number of aromatic nitrogens is 4. The number of hydrogen-bond donors (Lipinski definition) is 0. The third kappa shape index (κ3) is 2.59. The maximum Gasteiger partial charge on any atom is 0.278 e. The average molecular weight is 323 g/mol. The smallest absolute Gasteiger partial charge is 0.275 e. The Bertz CT molecular complexity index is 911. The number of benzene rings is 1. The van der Waals surface area contributed by atoms with Crippen LogP contribution in [0.4, 0.5) is 0 Å². The van der Waals surface area contributed by atoms with Crippen LogP contribution in [0.5, 0.6) is 0 Å². The van der Waals surface area contributed by atoms with Gasteiger partial charge in [0.15, 0.2) is 0 Å². The first-order valence-corrected chi connectivity index (χ1v) is 7.65. The van der Waals surface area contributed by atoms with Crippen molar-refractivity contribution in [3.63, 3.8) is 0 Å². The zero-order valence-corrected chi connectivity index (χ0v) is 13.5. The molecule has 1 amide bonds. The monoisotopic (exact) mass is 323 g/mol. The Morgan fingerprint density at radius 1 is 1.17 bits per heavy atom. The maximum atomic E-state index is 12.6. The molecule has 0 N–H and O–H groups in total. The van der Waals surface area contributed by atoms with Gasteiger partial charge in [0, 0.05) is 37.6 Å². The number of nitrogens with zero attached hydrogens (tertiary/aromatic N) is 5. The summed E-state index contributed by atoms with van der Waals surface area (Å²) in [4.78, 5) is 18.2. The summed E-state index contributed by atoms with van der Waals surface area (Å²) >= 11 is 0. The summed E-state index contributed by atoms with van der Waals surface area (Å²) in [6.45, 7) is 0.727. The van der Waals surface area contributed by atoms with E-state index in [-0.39, 0.29) is 12.5 Å². The van der Waals surface area contributed by atoms with Crippen molar-refractivity contribution in [1.29, 1.82) is 0 Å². The summed E-state index contributed by atoms with van der Waals surface area (Å²) < 4.78 is 3.45. The quantitative estimate of drug-likeness (QED) is 0.736. The van der Waals surface area contributed by atoms with Crippen LogP contribution in [-0.2, 0) is 32.1 Å². The fourth-order valence-electron chi connectivity index (χ4n) is 2.81. The summed E-state index contributed by atoms with van der Waals surface area (Å²) in [6, 6.07) is 7.75. The van der Waals surface area contributed by atoms with Gasteiger partial charge in [-0.2, -0.15) is 10.2 Å². The zero-order chi connectivity index (χ0) is 16.7. The maximum absolute atomic E-state index is 12.6. The molecule has 122 valence electrons. The van der Waals surface area contributed by atoms with E-state index in [4.69, 9.17) is 4.84 Å². The molecule has 24 heavy (non-hydrogen) atoms. The van der Waals surface area contributed by atoms with Gasteiger partial charge in [0.2, 0.25) is 0 Å². The molecular formula is C17H17N5O2. The van der Waals surface area contributed by atoms with Gasteiger partial charge in [-0.05, 0) is 23.3 Å². The van der Waals surface area contributed by atoms with Crippen LogP contribution in [0, 0.1) is 0 Å². The molecule has 0 unspecified atom stereocenters. The molecule has 0 atom stereocenters. The fraction of sp³-hybridized carbons (Fsp3) is 0.235. The first-order chi connectivity index (χ1) is 11.6. The molecule has 4 rings (SSSR count). The molecule has 7 nitrogen and oxygen atoms in total. The van der Waals surface area contributed by atoms with Gasteiger partial charge in [-0.3, -0.25) is 19.0 Å². The van der Waals surface area contributed by atoms with E-state index in [1.54, 1.807) is 15.6 Å². The van der Waals surface area contributed by atoms with Crippen molar-refractivity contribution in [2.24, 2.45) is 14.1 Å². The SMILES string of the molecule is Cn1cc(-c2ccc3c(c2)C(=O)N(OCc2ccn(C)n2)C3)cn1. The standard InChI is InChI=1S/C17H17N5O2/c1-20-6-5-15(19-20)11-24-22-10-13-4-3-12(7-16(13)17(22)23)14-8-18-21(2)9-14/h3-9H,10-11H2,1-2H3. The molecule has 0 bridgehead atoms. The van der Waals surface area contributed by atoms with Crippen molar-refractivity contribution in [2.75, 3.05) is 0 Å². The molecule has 0 radical (unpaired) electrons. The Balaban J connectivity index is 1.52. The van der Waals surface area contributed by atoms with Gasteiger partial charge >= 0.3 is 0 Å². The van der Waals surface area contributed by atoms with Gasteiger partial charge in [0.1, 0.15) is 6.61 Å². The predicted molar refractivity (Wildman–Crippen MR) is 86.5 cm³/mol. The molecule has 3 aromatic rings. The molecule has 2 aromatic heterocycles. The van der Waals surface area contributed by atoms with E-state index in [9.17, 15) is 4.79 Å². The number of carbonyl (C=O) groups is 1. The van der Waals surface area contributed by atoms with Crippen LogP contribution in [-0.4, -0.2) is 30.5 Å². The Hall–Kier alpha value is -2.93. The van der Waals surface area contributed by atoms with E-state index in [2.05, 4.69) is 10.2 Å². The molecule has 0 fully saturated rings.